The number of hydrogen-bond acceptors (Lipinski definition) is 8. The van der Waals surface area contributed by atoms with Gasteiger partial charge in [0.15, 0.2) is 6.29 Å². The molecule has 9 nitrogen and oxygen atoms in total. The van der Waals surface area contributed by atoms with Crippen molar-refractivity contribution in [3.05, 3.63) is 36.5 Å². The maximum atomic E-state index is 12.8. The number of carbonyl (C=O) groups excluding carboxylic acids is 1. The van der Waals surface area contributed by atoms with Crippen molar-refractivity contribution in [3.63, 3.8) is 0 Å². The van der Waals surface area contributed by atoms with Crippen molar-refractivity contribution in [1.29, 1.82) is 0 Å². The second-order valence-electron chi connectivity index (χ2n) is 12.3. The molecule has 1 heterocycles. The van der Waals surface area contributed by atoms with Gasteiger partial charge in [0, 0.05) is 6.42 Å². The maximum Gasteiger partial charge on any atom is 0.220 e. The molecule has 0 aliphatic carbocycles. The molecule has 9 heteroatoms. The van der Waals surface area contributed by atoms with Crippen molar-refractivity contribution in [2.24, 2.45) is 0 Å². The molecule has 45 heavy (non-hydrogen) atoms. The average Bonchev–Trinajstić information content (AvgIpc) is 3.04. The summed E-state index contributed by atoms with van der Waals surface area (Å²) >= 11 is 0. The summed E-state index contributed by atoms with van der Waals surface area (Å²) < 4.78 is 11.1. The van der Waals surface area contributed by atoms with Crippen LogP contribution in [0.4, 0.5) is 0 Å². The lowest BCUT2D eigenvalue weighted by Crippen LogP contribution is -2.60. The van der Waals surface area contributed by atoms with E-state index >= 15 is 0 Å². The highest BCUT2D eigenvalue weighted by molar-refractivity contribution is 5.76. The Morgan fingerprint density at radius 3 is 1.91 bits per heavy atom. The summed E-state index contributed by atoms with van der Waals surface area (Å²) in [7, 11) is 0. The molecule has 0 spiro atoms. The van der Waals surface area contributed by atoms with Gasteiger partial charge in [-0.05, 0) is 57.8 Å². The molecule has 0 aromatic carbocycles. The molecule has 7 unspecified atom stereocenters. The minimum absolute atomic E-state index is 0.208. The lowest BCUT2D eigenvalue weighted by atomic mass is 9.99. The molecule has 262 valence electrons. The highest BCUT2D eigenvalue weighted by Crippen LogP contribution is 2.22. The maximum absolute atomic E-state index is 12.8. The first-order valence-electron chi connectivity index (χ1n) is 17.7. The Balaban J connectivity index is 2.52. The van der Waals surface area contributed by atoms with Gasteiger partial charge in [0.05, 0.1) is 25.4 Å². The van der Waals surface area contributed by atoms with Gasteiger partial charge in [-0.2, -0.15) is 0 Å². The summed E-state index contributed by atoms with van der Waals surface area (Å²) in [5.41, 5.74) is 0. The molecule has 1 aliphatic heterocycles. The van der Waals surface area contributed by atoms with Gasteiger partial charge in [0.1, 0.15) is 24.4 Å². The predicted octanol–water partition coefficient (Wildman–Crippen LogP) is 5.38. The van der Waals surface area contributed by atoms with Crippen LogP contribution in [-0.4, -0.2) is 87.5 Å². The molecular weight excluding hydrogens is 574 g/mol. The van der Waals surface area contributed by atoms with E-state index in [1.807, 2.05) is 6.08 Å². The molecule has 6 N–H and O–H groups in total. The fourth-order valence-electron chi connectivity index (χ4n) is 5.22. The van der Waals surface area contributed by atoms with Crippen LogP contribution in [-0.2, 0) is 14.3 Å². The summed E-state index contributed by atoms with van der Waals surface area (Å²) in [5, 5.41) is 53.6. The van der Waals surface area contributed by atoms with Crippen LogP contribution in [0, 0.1) is 0 Å². The third-order valence-electron chi connectivity index (χ3n) is 8.19. The van der Waals surface area contributed by atoms with E-state index in [4.69, 9.17) is 9.47 Å². The van der Waals surface area contributed by atoms with Gasteiger partial charge in [-0.25, -0.2) is 0 Å². The van der Waals surface area contributed by atoms with Crippen LogP contribution in [0.25, 0.3) is 0 Å². The number of aliphatic hydroxyl groups is 5. The topological polar surface area (TPSA) is 149 Å². The van der Waals surface area contributed by atoms with Crippen molar-refractivity contribution in [1.82, 2.24) is 5.32 Å². The Labute approximate surface area is 272 Å². The summed E-state index contributed by atoms with van der Waals surface area (Å²) in [6.07, 6.45) is 23.4. The Morgan fingerprint density at radius 2 is 1.27 bits per heavy atom. The van der Waals surface area contributed by atoms with Crippen LogP contribution in [0.1, 0.15) is 129 Å². The SMILES string of the molecule is CCCCC/C=C/CC/C=C/C(O)C(COC1OC(CO)C(O)C(O)C1O)NC(=O)CCCCC/C=C\CCCCCCCC. The van der Waals surface area contributed by atoms with Crippen molar-refractivity contribution < 1.29 is 39.8 Å². The van der Waals surface area contributed by atoms with Gasteiger partial charge in [-0.3, -0.25) is 4.79 Å². The average molecular weight is 640 g/mol. The van der Waals surface area contributed by atoms with Crippen LogP contribution in [0.2, 0.25) is 0 Å². The van der Waals surface area contributed by atoms with E-state index in [2.05, 4.69) is 43.5 Å². The van der Waals surface area contributed by atoms with Gasteiger partial charge in [-0.15, -0.1) is 0 Å². The van der Waals surface area contributed by atoms with Crippen LogP contribution in [0.5, 0.6) is 0 Å². The molecule has 0 bridgehead atoms. The van der Waals surface area contributed by atoms with Gasteiger partial charge in [-0.1, -0.05) is 102 Å². The van der Waals surface area contributed by atoms with E-state index in [0.717, 1.165) is 51.4 Å². The van der Waals surface area contributed by atoms with E-state index in [9.17, 15) is 30.3 Å². The zero-order valence-corrected chi connectivity index (χ0v) is 28.1. The molecule has 0 aromatic rings. The smallest absolute Gasteiger partial charge is 0.220 e. The minimum atomic E-state index is -1.57. The number of unbranched alkanes of at least 4 members (excludes halogenated alkanes) is 13. The molecule has 1 saturated heterocycles. The monoisotopic (exact) mass is 639 g/mol. The van der Waals surface area contributed by atoms with Crippen LogP contribution >= 0.6 is 0 Å². The fourth-order valence-corrected chi connectivity index (χ4v) is 5.22. The Morgan fingerprint density at radius 1 is 0.733 bits per heavy atom. The minimum Gasteiger partial charge on any atom is -0.394 e. The van der Waals surface area contributed by atoms with Crippen LogP contribution in [0.15, 0.2) is 36.5 Å². The summed E-state index contributed by atoms with van der Waals surface area (Å²) in [4.78, 5) is 12.8. The molecule has 1 rings (SSSR count). The molecule has 1 aliphatic rings. The number of amides is 1. The lowest BCUT2D eigenvalue weighted by Gasteiger charge is -2.40. The predicted molar refractivity (Wildman–Crippen MR) is 180 cm³/mol. The first-order valence-corrected chi connectivity index (χ1v) is 17.7. The van der Waals surface area contributed by atoms with E-state index in [1.165, 1.54) is 57.8 Å². The number of hydrogen-bond donors (Lipinski definition) is 6. The van der Waals surface area contributed by atoms with Crippen molar-refractivity contribution >= 4 is 5.91 Å². The molecule has 7 atom stereocenters. The number of nitrogens with one attached hydrogen (secondary N) is 1. The van der Waals surface area contributed by atoms with E-state index < -0.39 is 49.5 Å². The summed E-state index contributed by atoms with van der Waals surface area (Å²) in [6, 6.07) is -0.824. The number of ether oxygens (including phenoxy) is 2. The normalized spacial score (nSPS) is 23.8. The van der Waals surface area contributed by atoms with E-state index in [0.29, 0.717) is 6.42 Å². The molecular formula is C36H65NO8. The van der Waals surface area contributed by atoms with Crippen LogP contribution < -0.4 is 5.32 Å². The van der Waals surface area contributed by atoms with Gasteiger partial charge in [0.25, 0.3) is 0 Å². The number of allylic oxidation sites excluding steroid dienone is 5. The molecule has 1 amide bonds. The highest BCUT2D eigenvalue weighted by atomic mass is 16.7. The number of aliphatic hydroxyl groups excluding tert-OH is 5. The van der Waals surface area contributed by atoms with Crippen molar-refractivity contribution in [2.45, 2.75) is 172 Å². The Bertz CT molecular complexity index is 802. The van der Waals surface area contributed by atoms with Crippen molar-refractivity contribution in [3.8, 4) is 0 Å². The molecule has 0 aromatic heterocycles. The molecule has 1 fully saturated rings. The second-order valence-corrected chi connectivity index (χ2v) is 12.3. The summed E-state index contributed by atoms with van der Waals surface area (Å²) in [5.74, 6) is -0.210. The fraction of sp³-hybridized carbons (Fsp3) is 0.806. The second kappa shape index (κ2) is 27.5. The Kier molecular flexibility index (Phi) is 25.3. The molecule has 0 radical (unpaired) electrons. The quantitative estimate of drug-likeness (QED) is 0.0519. The van der Waals surface area contributed by atoms with E-state index in [1.54, 1.807) is 6.08 Å². The van der Waals surface area contributed by atoms with Crippen LogP contribution in [0.3, 0.4) is 0 Å². The summed E-state index contributed by atoms with van der Waals surface area (Å²) in [6.45, 7) is 3.64. The zero-order valence-electron chi connectivity index (χ0n) is 28.1. The third kappa shape index (κ3) is 19.6. The van der Waals surface area contributed by atoms with Gasteiger partial charge in [0.2, 0.25) is 5.91 Å². The van der Waals surface area contributed by atoms with E-state index in [-0.39, 0.29) is 12.5 Å². The standard InChI is InChI=1S/C36H65NO8/c1-3-5-7-9-11-13-14-15-16-18-20-22-24-26-32(40)37-29(30(39)25-23-21-19-17-12-10-8-6-4-2)28-44-36-35(43)34(42)33(41)31(27-38)45-36/h12,15-17,23,25,29-31,33-36,38-39,41-43H,3-11,13-14,18-22,24,26-28H2,1-2H3,(H,37,40)/b16-15-,17-12+,25-23+. The highest BCUT2D eigenvalue weighted by Gasteiger charge is 2.44. The third-order valence-corrected chi connectivity index (χ3v) is 8.19. The van der Waals surface area contributed by atoms with Crippen molar-refractivity contribution in [2.75, 3.05) is 13.2 Å². The van der Waals surface area contributed by atoms with Gasteiger partial charge < -0.3 is 40.3 Å². The Hall–Kier alpha value is -1.59. The number of carbonyl (C=O) groups is 1. The first kappa shape index (κ1) is 41.4. The lowest BCUT2D eigenvalue weighted by molar-refractivity contribution is -0.302. The zero-order chi connectivity index (χ0) is 33.1. The largest absolute Gasteiger partial charge is 0.394 e. The first-order chi connectivity index (χ1) is 21.8. The van der Waals surface area contributed by atoms with Gasteiger partial charge >= 0.3 is 0 Å². The number of rotatable bonds is 27. The molecule has 0 saturated carbocycles.